The summed E-state index contributed by atoms with van der Waals surface area (Å²) in [4.78, 5) is 25.6. The second-order valence-electron chi connectivity index (χ2n) is 10.0. The molecule has 2 aromatic rings. The van der Waals surface area contributed by atoms with Crippen LogP contribution >= 0.6 is 0 Å². The summed E-state index contributed by atoms with van der Waals surface area (Å²) in [6, 6.07) is 4.56. The number of halogens is 5. The Morgan fingerprint density at radius 1 is 1.02 bits per heavy atom. The van der Waals surface area contributed by atoms with Gasteiger partial charge in [0.05, 0.1) is 25.3 Å². The van der Waals surface area contributed by atoms with E-state index in [4.69, 9.17) is 4.74 Å². The highest BCUT2D eigenvalue weighted by Crippen LogP contribution is 2.38. The van der Waals surface area contributed by atoms with E-state index < -0.39 is 23.5 Å². The Morgan fingerprint density at radius 2 is 1.77 bits per heavy atom. The summed E-state index contributed by atoms with van der Waals surface area (Å²) in [7, 11) is 2.00. The van der Waals surface area contributed by atoms with E-state index >= 15 is 0 Å². The minimum atomic E-state index is -4.73. The van der Waals surface area contributed by atoms with Crippen LogP contribution in [0.15, 0.2) is 24.4 Å². The molecule has 1 aromatic carbocycles. The van der Waals surface area contributed by atoms with Crippen LogP contribution in [0.5, 0.6) is 0 Å². The van der Waals surface area contributed by atoms with Gasteiger partial charge in [-0.05, 0) is 31.7 Å². The molecular weight excluding hydrogens is 537 g/mol. The van der Waals surface area contributed by atoms with Crippen molar-refractivity contribution in [2.24, 2.45) is 0 Å². The van der Waals surface area contributed by atoms with E-state index in [9.17, 15) is 26.7 Å². The zero-order chi connectivity index (χ0) is 28.9. The molecule has 0 atom stereocenters. The number of benzene rings is 1. The van der Waals surface area contributed by atoms with Crippen LogP contribution < -0.4 is 15.5 Å². The van der Waals surface area contributed by atoms with Gasteiger partial charge in [0.15, 0.2) is 0 Å². The van der Waals surface area contributed by atoms with Crippen molar-refractivity contribution in [3.8, 4) is 0 Å². The minimum Gasteiger partial charge on any atom is -0.379 e. The fraction of sp³-hybridized carbons (Fsp3) is 0.577. The first-order valence-electron chi connectivity index (χ1n) is 13.2. The standard InChI is InChI=1S/C26H34F5N7O2/c1-25(27,28)19-16-18(37-11-9-36(2)10-12-37)4-5-21(19)34-24-33-17-20(26(29,30)31)23(35-24)32-7-3-8-38-13-15-40-14-6-22(38)39/h4-5,16-17H,3,6-15H2,1-2H3,(H2,32,33,34,35). The Hall–Kier alpha value is -3.26. The first-order valence-corrected chi connectivity index (χ1v) is 13.2. The van der Waals surface area contributed by atoms with Gasteiger partial charge in [0.1, 0.15) is 11.4 Å². The fourth-order valence-electron chi connectivity index (χ4n) is 4.60. The van der Waals surface area contributed by atoms with Crippen LogP contribution in [0.2, 0.25) is 0 Å². The average molecular weight is 572 g/mol. The molecule has 3 heterocycles. The molecule has 9 nitrogen and oxygen atoms in total. The lowest BCUT2D eigenvalue weighted by Gasteiger charge is -2.34. The Balaban J connectivity index is 1.50. The molecule has 2 aliphatic rings. The number of hydrogen-bond acceptors (Lipinski definition) is 8. The first-order chi connectivity index (χ1) is 18.9. The van der Waals surface area contributed by atoms with Crippen LogP contribution in [0.4, 0.5) is 45.1 Å². The van der Waals surface area contributed by atoms with Crippen molar-refractivity contribution in [2.45, 2.75) is 31.9 Å². The predicted molar refractivity (Wildman–Crippen MR) is 141 cm³/mol. The normalized spacial score (nSPS) is 17.6. The number of ether oxygens (including phenoxy) is 1. The third kappa shape index (κ3) is 7.68. The number of nitrogens with one attached hydrogen (secondary N) is 2. The highest BCUT2D eigenvalue weighted by atomic mass is 19.4. The van der Waals surface area contributed by atoms with Crippen LogP contribution in [-0.4, -0.2) is 91.7 Å². The molecule has 40 heavy (non-hydrogen) atoms. The topological polar surface area (TPSA) is 85.9 Å². The van der Waals surface area contributed by atoms with Gasteiger partial charge in [-0.15, -0.1) is 0 Å². The van der Waals surface area contributed by atoms with Gasteiger partial charge in [-0.25, -0.2) is 13.8 Å². The summed E-state index contributed by atoms with van der Waals surface area (Å²) in [5.41, 5.74) is -0.755. The predicted octanol–water partition coefficient (Wildman–Crippen LogP) is 4.15. The molecule has 14 heteroatoms. The smallest absolute Gasteiger partial charge is 0.379 e. The number of carbonyl (C=O) groups excluding carboxylic acids is 1. The van der Waals surface area contributed by atoms with Crippen molar-refractivity contribution in [1.82, 2.24) is 19.8 Å². The molecule has 2 fully saturated rings. The molecule has 0 radical (unpaired) electrons. The van der Waals surface area contributed by atoms with Crippen molar-refractivity contribution in [3.05, 3.63) is 35.5 Å². The van der Waals surface area contributed by atoms with Crippen molar-refractivity contribution >= 4 is 29.0 Å². The zero-order valence-corrected chi connectivity index (χ0v) is 22.5. The minimum absolute atomic E-state index is 0.00187. The number of piperazine rings is 1. The van der Waals surface area contributed by atoms with E-state index in [0.717, 1.165) is 20.0 Å². The molecule has 0 bridgehead atoms. The largest absolute Gasteiger partial charge is 0.421 e. The fourth-order valence-corrected chi connectivity index (χ4v) is 4.60. The van der Waals surface area contributed by atoms with Crippen molar-refractivity contribution in [3.63, 3.8) is 0 Å². The van der Waals surface area contributed by atoms with Gasteiger partial charge in [-0.1, -0.05) is 0 Å². The van der Waals surface area contributed by atoms with Crippen LogP contribution in [-0.2, 0) is 21.6 Å². The number of aromatic nitrogens is 2. The van der Waals surface area contributed by atoms with E-state index in [2.05, 4.69) is 25.5 Å². The van der Waals surface area contributed by atoms with Gasteiger partial charge in [0.25, 0.3) is 5.92 Å². The van der Waals surface area contributed by atoms with E-state index in [1.54, 1.807) is 11.0 Å². The molecule has 0 saturated carbocycles. The molecule has 0 aliphatic carbocycles. The lowest BCUT2D eigenvalue weighted by Crippen LogP contribution is -2.44. The van der Waals surface area contributed by atoms with Crippen LogP contribution in [0.3, 0.4) is 0 Å². The molecule has 1 aromatic heterocycles. The van der Waals surface area contributed by atoms with Crippen molar-refractivity contribution < 1.29 is 31.5 Å². The molecule has 220 valence electrons. The van der Waals surface area contributed by atoms with Gasteiger partial charge in [-0.3, -0.25) is 4.79 Å². The Morgan fingerprint density at radius 3 is 2.48 bits per heavy atom. The maximum Gasteiger partial charge on any atom is 0.421 e. The van der Waals surface area contributed by atoms with Crippen LogP contribution in [0, 0.1) is 0 Å². The number of alkyl halides is 5. The molecule has 4 rings (SSSR count). The summed E-state index contributed by atoms with van der Waals surface area (Å²) >= 11 is 0. The quantitative estimate of drug-likeness (QED) is 0.343. The van der Waals surface area contributed by atoms with Gasteiger partial charge in [0, 0.05) is 70.2 Å². The molecule has 2 N–H and O–H groups in total. The maximum absolute atomic E-state index is 14.6. The number of likely N-dealkylation sites (N-methyl/N-ethyl adjacent to an activating group) is 1. The van der Waals surface area contributed by atoms with E-state index in [1.807, 2.05) is 11.9 Å². The second kappa shape index (κ2) is 12.5. The molecule has 1 amide bonds. The summed E-state index contributed by atoms with van der Waals surface area (Å²) < 4.78 is 75.5. The average Bonchev–Trinajstić information content (AvgIpc) is 3.10. The number of nitrogens with zero attached hydrogens (tertiary/aromatic N) is 5. The van der Waals surface area contributed by atoms with Gasteiger partial charge < -0.3 is 30.1 Å². The number of amides is 1. The lowest BCUT2D eigenvalue weighted by atomic mass is 10.1. The molecular formula is C26H34F5N7O2. The Labute approximate surface area is 229 Å². The summed E-state index contributed by atoms with van der Waals surface area (Å²) in [5, 5.41) is 5.36. The third-order valence-electron chi connectivity index (χ3n) is 6.90. The van der Waals surface area contributed by atoms with Crippen LogP contribution in [0.1, 0.15) is 30.9 Å². The first kappa shape index (κ1) is 29.7. The summed E-state index contributed by atoms with van der Waals surface area (Å²) in [6.45, 7) is 5.38. The number of hydrogen-bond donors (Lipinski definition) is 2. The molecule has 0 unspecified atom stereocenters. The summed E-state index contributed by atoms with van der Waals surface area (Å²) in [6.07, 6.45) is -3.47. The highest BCUT2D eigenvalue weighted by Gasteiger charge is 2.36. The molecule has 0 spiro atoms. The van der Waals surface area contributed by atoms with Crippen LogP contribution in [0.25, 0.3) is 0 Å². The lowest BCUT2D eigenvalue weighted by molar-refractivity contribution is -0.137. The Kier molecular flexibility index (Phi) is 9.29. The third-order valence-corrected chi connectivity index (χ3v) is 6.90. The monoisotopic (exact) mass is 571 g/mol. The number of anilines is 4. The van der Waals surface area contributed by atoms with Crippen molar-refractivity contribution in [1.29, 1.82) is 0 Å². The summed E-state index contributed by atoms with van der Waals surface area (Å²) in [5.74, 6) is -4.03. The second-order valence-corrected chi connectivity index (χ2v) is 10.0. The zero-order valence-electron chi connectivity index (χ0n) is 22.5. The number of rotatable bonds is 9. The van der Waals surface area contributed by atoms with Gasteiger partial charge in [0.2, 0.25) is 11.9 Å². The van der Waals surface area contributed by atoms with Gasteiger partial charge in [-0.2, -0.15) is 18.2 Å². The SMILES string of the molecule is CN1CCN(c2ccc(Nc3ncc(C(F)(F)F)c(NCCCN4CCOCCC4=O)n3)c(C(C)(F)F)c2)CC1. The van der Waals surface area contributed by atoms with Crippen molar-refractivity contribution in [2.75, 3.05) is 81.6 Å². The molecule has 2 saturated heterocycles. The Bertz CT molecular complexity index is 1170. The highest BCUT2D eigenvalue weighted by molar-refractivity contribution is 5.76. The maximum atomic E-state index is 14.6. The van der Waals surface area contributed by atoms with E-state index in [0.29, 0.717) is 57.7 Å². The van der Waals surface area contributed by atoms with E-state index in [-0.39, 0.29) is 36.1 Å². The van der Waals surface area contributed by atoms with Gasteiger partial charge >= 0.3 is 6.18 Å². The van der Waals surface area contributed by atoms with E-state index in [1.165, 1.54) is 12.1 Å². The molecule has 2 aliphatic heterocycles. The number of carbonyl (C=O) groups is 1.